The summed E-state index contributed by atoms with van der Waals surface area (Å²) in [5.41, 5.74) is -4.47. The zero-order valence-corrected chi connectivity index (χ0v) is 19.6. The number of benzene rings is 1. The first-order valence-electron chi connectivity index (χ1n) is 10.4. The number of rotatable bonds is 8. The van der Waals surface area contributed by atoms with Gasteiger partial charge in [0.15, 0.2) is 5.54 Å². The lowest BCUT2D eigenvalue weighted by Gasteiger charge is -2.47. The predicted molar refractivity (Wildman–Crippen MR) is 108 cm³/mol. The summed E-state index contributed by atoms with van der Waals surface area (Å²) in [6.07, 6.45) is -21.3. The van der Waals surface area contributed by atoms with Crippen LogP contribution >= 0.6 is 0 Å². The topological polar surface area (TPSA) is 123 Å². The maximum atomic E-state index is 13.4. The molecule has 0 saturated carbocycles. The number of carbonyl (C=O) groups is 3. The van der Waals surface area contributed by atoms with Crippen molar-refractivity contribution in [2.24, 2.45) is 5.92 Å². The van der Waals surface area contributed by atoms with Crippen LogP contribution in [-0.4, -0.2) is 79.7 Å². The largest absolute Gasteiger partial charge is 0.543 e. The molecule has 1 fully saturated rings. The first kappa shape index (κ1) is 31.5. The molecule has 1 aliphatic heterocycles. The Morgan fingerprint density at radius 3 is 1.84 bits per heavy atom. The van der Waals surface area contributed by atoms with Gasteiger partial charge in [-0.1, -0.05) is 12.1 Å². The predicted octanol–water partition coefficient (Wildman–Crippen LogP) is 3.09. The zero-order chi connectivity index (χ0) is 29.3. The van der Waals surface area contributed by atoms with Crippen LogP contribution in [0.5, 0.6) is 0 Å². The number of ketones is 2. The van der Waals surface area contributed by atoms with Crippen LogP contribution in [0.2, 0.25) is 0 Å². The summed E-state index contributed by atoms with van der Waals surface area (Å²) in [6, 6.07) is 4.13. The van der Waals surface area contributed by atoms with Gasteiger partial charge < -0.3 is 14.7 Å². The monoisotopic (exact) mass is 585 g/mol. The number of halogens is 9. The fraction of sp³-hybridized carbons (Fsp3) is 0.550. The molecule has 8 nitrogen and oxygen atoms in total. The molecule has 1 heterocycles. The fourth-order valence-electron chi connectivity index (χ4n) is 4.10. The van der Waals surface area contributed by atoms with E-state index in [1.165, 1.54) is 0 Å². The van der Waals surface area contributed by atoms with Crippen molar-refractivity contribution in [3.8, 4) is 0 Å². The second kappa shape index (κ2) is 10.8. The number of aliphatic hydroxyl groups is 1. The molecular weight excluding hydrogens is 567 g/mol. The maximum absolute atomic E-state index is 13.4. The van der Waals surface area contributed by atoms with E-state index >= 15 is 0 Å². The average molecular weight is 585 g/mol. The summed E-state index contributed by atoms with van der Waals surface area (Å²) in [6.45, 7) is -2.47. The van der Waals surface area contributed by atoms with Crippen LogP contribution in [0.3, 0.4) is 0 Å². The number of amides is 1. The van der Waals surface area contributed by atoms with Gasteiger partial charge in [-0.25, -0.2) is 8.42 Å². The van der Waals surface area contributed by atoms with Crippen molar-refractivity contribution in [1.82, 2.24) is 4.90 Å². The molecule has 18 heteroatoms. The Hall–Kier alpha value is -2.73. The Morgan fingerprint density at radius 2 is 1.42 bits per heavy atom. The molecule has 1 aliphatic rings. The lowest BCUT2D eigenvalue weighted by molar-refractivity contribution is -0.216. The number of aliphatic hydroxyl groups excluding tert-OH is 1. The minimum absolute atomic E-state index is 0.0829. The first-order chi connectivity index (χ1) is 17.2. The molecule has 2 rings (SSSR count). The normalized spacial score (nSPS) is 18.8. The molecule has 0 aliphatic carbocycles. The number of piperidine rings is 1. The summed E-state index contributed by atoms with van der Waals surface area (Å²) in [5.74, 6) is -11.6. The second-order valence-corrected chi connectivity index (χ2v) is 9.91. The molecule has 0 aromatic heterocycles. The van der Waals surface area contributed by atoms with E-state index in [1.807, 2.05) is 0 Å². The third kappa shape index (κ3) is 6.63. The van der Waals surface area contributed by atoms with Crippen LogP contribution < -0.4 is 0 Å². The van der Waals surface area contributed by atoms with E-state index in [-0.39, 0.29) is 10.5 Å². The number of carbonyl (C=O) groups excluding carboxylic acids is 3. The molecule has 1 N–H and O–H groups in total. The quantitative estimate of drug-likeness (QED) is 0.370. The van der Waals surface area contributed by atoms with Crippen LogP contribution in [0.15, 0.2) is 29.2 Å². The molecule has 1 unspecified atom stereocenters. The van der Waals surface area contributed by atoms with Crippen molar-refractivity contribution in [3.05, 3.63) is 34.6 Å². The molecule has 1 aromatic carbocycles. The highest BCUT2D eigenvalue weighted by atomic mass is 32.2. The van der Waals surface area contributed by atoms with Gasteiger partial charge in [-0.15, -0.1) is 6.54 Å². The van der Waals surface area contributed by atoms with Crippen molar-refractivity contribution < 1.29 is 67.4 Å². The van der Waals surface area contributed by atoms with Gasteiger partial charge in [-0.05, 0) is 42.9 Å². The minimum atomic E-state index is -6.22. The number of sulfonamides is 1. The van der Waals surface area contributed by atoms with Crippen LogP contribution in [0.1, 0.15) is 18.4 Å². The summed E-state index contributed by atoms with van der Waals surface area (Å²) in [5, 5.41) is 8.69. The number of Topliss-reactive ketones (excluding diaryl/α,β-unsaturated/α-hetero) is 2. The fourth-order valence-corrected chi connectivity index (χ4v) is 5.05. The summed E-state index contributed by atoms with van der Waals surface area (Å²) >= 11 is 0. The van der Waals surface area contributed by atoms with Crippen LogP contribution in [0.25, 0.3) is 4.72 Å². The lowest BCUT2D eigenvalue weighted by Crippen LogP contribution is -2.72. The number of hydrogen-bond acceptors (Lipinski definition) is 6. The van der Waals surface area contributed by atoms with E-state index in [0.717, 1.165) is 24.3 Å². The van der Waals surface area contributed by atoms with Crippen LogP contribution in [0.4, 0.5) is 39.5 Å². The molecule has 0 bridgehead atoms. The van der Waals surface area contributed by atoms with Crippen molar-refractivity contribution in [3.63, 3.8) is 0 Å². The average Bonchev–Trinajstić information content (AvgIpc) is 2.79. The lowest BCUT2D eigenvalue weighted by atomic mass is 9.72. The molecule has 38 heavy (non-hydrogen) atoms. The van der Waals surface area contributed by atoms with Gasteiger partial charge in [0.05, 0.1) is 0 Å². The molecule has 1 saturated heterocycles. The molecule has 0 spiro atoms. The highest BCUT2D eigenvalue weighted by Crippen LogP contribution is 2.44. The summed E-state index contributed by atoms with van der Waals surface area (Å²) < 4.78 is 147. The molecular formula is C20H18F9N2O6S-. The second-order valence-electron chi connectivity index (χ2n) is 8.23. The maximum Gasteiger partial charge on any atom is 0.471 e. The van der Waals surface area contributed by atoms with E-state index in [2.05, 4.69) is 4.72 Å². The van der Waals surface area contributed by atoms with Crippen molar-refractivity contribution in [2.75, 3.05) is 19.7 Å². The van der Waals surface area contributed by atoms with E-state index in [4.69, 9.17) is 5.11 Å². The van der Waals surface area contributed by atoms with E-state index in [1.54, 1.807) is 0 Å². The highest BCUT2D eigenvalue weighted by molar-refractivity contribution is 7.94. The third-order valence-electron chi connectivity index (χ3n) is 5.67. The van der Waals surface area contributed by atoms with Crippen molar-refractivity contribution in [1.29, 1.82) is 0 Å². The molecule has 1 amide bonds. The van der Waals surface area contributed by atoms with Gasteiger partial charge in [0.25, 0.3) is 11.6 Å². The number of alkyl halides is 9. The van der Waals surface area contributed by atoms with Gasteiger partial charge in [-0.3, -0.25) is 14.4 Å². The smallest absolute Gasteiger partial charge is 0.471 e. The summed E-state index contributed by atoms with van der Waals surface area (Å²) in [4.78, 5) is 34.9. The Balaban J connectivity index is 2.53. The highest BCUT2D eigenvalue weighted by Gasteiger charge is 2.70. The number of likely N-dealkylation sites (tertiary alicyclic amines) is 1. The van der Waals surface area contributed by atoms with Crippen molar-refractivity contribution >= 4 is 27.5 Å². The van der Waals surface area contributed by atoms with Gasteiger partial charge in [-0.2, -0.15) is 39.5 Å². The molecule has 0 radical (unpaired) electrons. The third-order valence-corrected chi connectivity index (χ3v) is 7.06. The van der Waals surface area contributed by atoms with E-state index in [0.29, 0.717) is 0 Å². The van der Waals surface area contributed by atoms with Gasteiger partial charge in [0.2, 0.25) is 0 Å². The summed E-state index contributed by atoms with van der Waals surface area (Å²) in [7, 11) is -4.20. The van der Waals surface area contributed by atoms with Crippen LogP contribution in [-0.2, 0) is 30.8 Å². The Kier molecular flexibility index (Phi) is 8.95. The Bertz CT molecular complexity index is 1140. The Morgan fingerprint density at radius 1 is 0.921 bits per heavy atom. The molecule has 1 atom stereocenters. The van der Waals surface area contributed by atoms with Crippen molar-refractivity contribution in [2.45, 2.75) is 48.2 Å². The van der Waals surface area contributed by atoms with E-state index in [9.17, 15) is 62.3 Å². The standard InChI is InChI=1S/C20H18F9N2O6S/c21-18(22,23)14(33)17(15(34)19(24,25)26)10-12(5-7-31(17)16(35)20(27,28)29)9-11-1-3-13(4-2-11)38(36,37)30-6-8-32/h1-4,12,32H,5-10H2/q-1. The van der Waals surface area contributed by atoms with Crippen LogP contribution in [0, 0.1) is 5.92 Å². The number of nitrogens with zero attached hydrogens (tertiary/aromatic N) is 2. The van der Waals surface area contributed by atoms with E-state index < -0.39 is 101 Å². The number of hydrogen-bond donors (Lipinski definition) is 1. The van der Waals surface area contributed by atoms with Gasteiger partial charge >= 0.3 is 24.4 Å². The first-order valence-corrected chi connectivity index (χ1v) is 11.9. The molecule has 1 aromatic rings. The SMILES string of the molecule is O=C(N1CCC(Cc2ccc(S(=O)(=O)[N-]CCO)cc2)CC1(C(=O)C(F)(F)F)C(=O)C(F)(F)F)C(F)(F)F. The Labute approximate surface area is 208 Å². The van der Waals surface area contributed by atoms with Gasteiger partial charge in [0, 0.05) is 18.0 Å². The van der Waals surface area contributed by atoms with Gasteiger partial charge in [0.1, 0.15) is 10.0 Å². The minimum Gasteiger partial charge on any atom is -0.543 e. The zero-order valence-electron chi connectivity index (χ0n) is 18.8. The molecule has 214 valence electrons.